The van der Waals surface area contributed by atoms with Gasteiger partial charge >= 0.3 is 0 Å². The summed E-state index contributed by atoms with van der Waals surface area (Å²) in [4.78, 5) is 1.95. The number of nitrogens with one attached hydrogen (secondary N) is 1. The van der Waals surface area contributed by atoms with Gasteiger partial charge in [0, 0.05) is 25.9 Å². The number of aliphatic hydroxyl groups is 1. The Hall–Kier alpha value is -0.370. The molecule has 0 aliphatic rings. The molecule has 0 bridgehead atoms. The van der Waals surface area contributed by atoms with Gasteiger partial charge in [0.1, 0.15) is 0 Å². The highest BCUT2D eigenvalue weighted by Gasteiger charge is 2.10. The highest BCUT2D eigenvalue weighted by molar-refractivity contribution is 8.01. The molecular weight excluding hydrogens is 256 g/mol. The van der Waals surface area contributed by atoms with E-state index < -0.39 is 0 Å². The minimum atomic E-state index is 0.131. The van der Waals surface area contributed by atoms with Gasteiger partial charge in [0.2, 0.25) is 5.13 Å². The maximum atomic E-state index is 9.21. The lowest BCUT2D eigenvalue weighted by atomic mass is 10.3. The Morgan fingerprint density at radius 2 is 2.24 bits per heavy atom. The van der Waals surface area contributed by atoms with E-state index in [2.05, 4.69) is 22.4 Å². The van der Waals surface area contributed by atoms with E-state index >= 15 is 0 Å². The lowest BCUT2D eigenvalue weighted by molar-refractivity contribution is 0.254. The van der Waals surface area contributed by atoms with E-state index in [9.17, 15) is 5.11 Å². The van der Waals surface area contributed by atoms with Gasteiger partial charge in [-0.1, -0.05) is 30.0 Å². The molecule has 1 rings (SSSR count). The third kappa shape index (κ3) is 5.20. The molecule has 0 radical (unpaired) electrons. The molecule has 98 valence electrons. The Kier molecular flexibility index (Phi) is 6.79. The zero-order valence-electron chi connectivity index (χ0n) is 10.5. The van der Waals surface area contributed by atoms with Crippen molar-refractivity contribution in [2.75, 3.05) is 37.9 Å². The quantitative estimate of drug-likeness (QED) is 0.692. The van der Waals surface area contributed by atoms with Crippen LogP contribution >= 0.6 is 23.1 Å². The van der Waals surface area contributed by atoms with Crippen molar-refractivity contribution >= 4 is 28.2 Å². The summed E-state index contributed by atoms with van der Waals surface area (Å²) < 4.78 is 0.949. The van der Waals surface area contributed by atoms with Crippen molar-refractivity contribution in [1.82, 2.24) is 15.5 Å². The average Bonchev–Trinajstić information content (AvgIpc) is 2.78. The van der Waals surface area contributed by atoms with Crippen molar-refractivity contribution < 1.29 is 5.11 Å². The molecule has 2 N–H and O–H groups in total. The highest BCUT2D eigenvalue weighted by Crippen LogP contribution is 2.27. The first kappa shape index (κ1) is 14.7. The van der Waals surface area contributed by atoms with E-state index in [0.717, 1.165) is 28.2 Å². The van der Waals surface area contributed by atoms with Crippen molar-refractivity contribution in [2.45, 2.75) is 23.7 Å². The Morgan fingerprint density at radius 1 is 1.47 bits per heavy atom. The van der Waals surface area contributed by atoms with Gasteiger partial charge in [0.05, 0.1) is 6.61 Å². The largest absolute Gasteiger partial charge is 0.395 e. The molecule has 0 aliphatic heterocycles. The number of aromatic nitrogens is 2. The predicted molar refractivity (Wildman–Crippen MR) is 74.1 cm³/mol. The molecule has 0 amide bonds. The number of anilines is 1. The molecule has 0 aromatic carbocycles. The molecule has 1 aromatic heterocycles. The van der Waals surface area contributed by atoms with Crippen LogP contribution in [0.4, 0.5) is 5.13 Å². The topological polar surface area (TPSA) is 61.3 Å². The predicted octanol–water partition coefficient (Wildman–Crippen LogP) is 1.06. The van der Waals surface area contributed by atoms with Gasteiger partial charge in [-0.3, -0.25) is 0 Å². The average molecular weight is 276 g/mol. The van der Waals surface area contributed by atoms with E-state index in [-0.39, 0.29) is 12.6 Å². The highest BCUT2D eigenvalue weighted by atomic mass is 32.2. The van der Waals surface area contributed by atoms with Crippen molar-refractivity contribution in [3.05, 3.63) is 0 Å². The Morgan fingerprint density at radius 3 is 2.76 bits per heavy atom. The van der Waals surface area contributed by atoms with Crippen LogP contribution in [0.15, 0.2) is 4.34 Å². The van der Waals surface area contributed by atoms with Crippen LogP contribution in [0.5, 0.6) is 0 Å². The summed E-state index contributed by atoms with van der Waals surface area (Å²) >= 11 is 3.21. The first-order chi connectivity index (χ1) is 8.17. The molecule has 5 nitrogen and oxygen atoms in total. The van der Waals surface area contributed by atoms with Crippen LogP contribution in [0.2, 0.25) is 0 Å². The Labute approximate surface area is 111 Å². The third-order valence-electron chi connectivity index (χ3n) is 2.09. The van der Waals surface area contributed by atoms with Crippen LogP contribution in [-0.2, 0) is 0 Å². The molecule has 7 heteroatoms. The normalized spacial score (nSPS) is 12.7. The zero-order valence-corrected chi connectivity index (χ0v) is 12.1. The van der Waals surface area contributed by atoms with Crippen molar-refractivity contribution in [2.24, 2.45) is 0 Å². The van der Waals surface area contributed by atoms with Gasteiger partial charge in [0.25, 0.3) is 0 Å². The maximum absolute atomic E-state index is 9.21. The third-order valence-corrected chi connectivity index (χ3v) is 4.48. The van der Waals surface area contributed by atoms with Gasteiger partial charge in [-0.25, -0.2) is 0 Å². The van der Waals surface area contributed by atoms with Crippen LogP contribution in [0.1, 0.15) is 13.3 Å². The number of thioether (sulfide) groups is 1. The molecular formula is C10H20N4OS2. The van der Waals surface area contributed by atoms with Gasteiger partial charge < -0.3 is 15.3 Å². The van der Waals surface area contributed by atoms with E-state index in [1.165, 1.54) is 0 Å². The molecule has 0 aliphatic carbocycles. The Balaban J connectivity index is 2.37. The summed E-state index contributed by atoms with van der Waals surface area (Å²) in [5.74, 6) is 0.818. The van der Waals surface area contributed by atoms with E-state index in [1.807, 2.05) is 19.0 Å². The molecule has 1 heterocycles. The number of hydrogen-bond donors (Lipinski definition) is 2. The SMILES string of the molecule is CCCNC(CO)CSc1nnc(N(C)C)s1. The smallest absolute Gasteiger partial charge is 0.208 e. The second-order valence-electron chi connectivity index (χ2n) is 3.89. The minimum Gasteiger partial charge on any atom is -0.395 e. The van der Waals surface area contributed by atoms with Gasteiger partial charge in [-0.05, 0) is 13.0 Å². The van der Waals surface area contributed by atoms with Gasteiger partial charge in [-0.15, -0.1) is 10.2 Å². The molecule has 0 spiro atoms. The summed E-state index contributed by atoms with van der Waals surface area (Å²) in [6.45, 7) is 3.21. The van der Waals surface area contributed by atoms with E-state index in [4.69, 9.17) is 0 Å². The second kappa shape index (κ2) is 7.86. The number of nitrogens with zero attached hydrogens (tertiary/aromatic N) is 3. The van der Waals surface area contributed by atoms with Crippen molar-refractivity contribution in [3.63, 3.8) is 0 Å². The van der Waals surface area contributed by atoms with Crippen molar-refractivity contribution in [1.29, 1.82) is 0 Å². The lowest BCUT2D eigenvalue weighted by Crippen LogP contribution is -2.35. The summed E-state index contributed by atoms with van der Waals surface area (Å²) in [5.41, 5.74) is 0. The summed E-state index contributed by atoms with van der Waals surface area (Å²) in [7, 11) is 3.91. The summed E-state index contributed by atoms with van der Waals surface area (Å²) in [5, 5.41) is 21.6. The molecule has 0 fully saturated rings. The molecule has 0 saturated heterocycles. The molecule has 1 aromatic rings. The van der Waals surface area contributed by atoms with Crippen LogP contribution < -0.4 is 10.2 Å². The number of aliphatic hydroxyl groups excluding tert-OH is 1. The van der Waals surface area contributed by atoms with E-state index in [0.29, 0.717) is 0 Å². The lowest BCUT2D eigenvalue weighted by Gasteiger charge is -2.13. The molecule has 1 atom stereocenters. The fourth-order valence-corrected chi connectivity index (χ4v) is 2.97. The van der Waals surface area contributed by atoms with Crippen molar-refractivity contribution in [3.8, 4) is 0 Å². The van der Waals surface area contributed by atoms with Gasteiger partial charge in [0.15, 0.2) is 4.34 Å². The molecule has 17 heavy (non-hydrogen) atoms. The first-order valence-electron chi connectivity index (χ1n) is 5.65. The molecule has 1 unspecified atom stereocenters. The standard InChI is InChI=1S/C10H20N4OS2/c1-4-5-11-8(6-15)7-16-10-13-12-9(17-10)14(2)3/h8,11,15H,4-7H2,1-3H3. The van der Waals surface area contributed by atoms with Crippen LogP contribution in [0.3, 0.4) is 0 Å². The number of hydrogen-bond acceptors (Lipinski definition) is 7. The Bertz CT molecular complexity index is 319. The number of rotatable bonds is 8. The fourth-order valence-electron chi connectivity index (χ4n) is 1.14. The fraction of sp³-hybridized carbons (Fsp3) is 0.800. The van der Waals surface area contributed by atoms with Crippen LogP contribution in [0.25, 0.3) is 0 Å². The summed E-state index contributed by atoms with van der Waals surface area (Å²) in [6.07, 6.45) is 1.07. The van der Waals surface area contributed by atoms with Crippen LogP contribution in [0, 0.1) is 0 Å². The van der Waals surface area contributed by atoms with Crippen LogP contribution in [-0.4, -0.2) is 54.3 Å². The van der Waals surface area contributed by atoms with Gasteiger partial charge in [-0.2, -0.15) is 0 Å². The van der Waals surface area contributed by atoms with E-state index in [1.54, 1.807) is 23.1 Å². The monoisotopic (exact) mass is 276 g/mol. The minimum absolute atomic E-state index is 0.131. The first-order valence-corrected chi connectivity index (χ1v) is 7.45. The zero-order chi connectivity index (χ0) is 12.7. The summed E-state index contributed by atoms with van der Waals surface area (Å²) in [6, 6.07) is 0.131. The molecule has 0 saturated carbocycles. The second-order valence-corrected chi connectivity index (χ2v) is 6.11. The maximum Gasteiger partial charge on any atom is 0.208 e.